The summed E-state index contributed by atoms with van der Waals surface area (Å²) in [5, 5.41) is 0. The fourth-order valence-corrected chi connectivity index (χ4v) is 13.8. The van der Waals surface area contributed by atoms with E-state index < -0.39 is 89.3 Å². The predicted molar refractivity (Wildman–Crippen MR) is 545 cm³/mol. The van der Waals surface area contributed by atoms with Crippen molar-refractivity contribution in [3.8, 4) is 0 Å². The third kappa shape index (κ3) is 65.4. The lowest BCUT2D eigenvalue weighted by Crippen LogP contribution is -2.43. The first-order chi connectivity index (χ1) is 57.8. The van der Waals surface area contributed by atoms with Gasteiger partial charge in [-0.1, -0.05) is 301 Å². The van der Waals surface area contributed by atoms with Crippen molar-refractivity contribution in [2.75, 3.05) is 60.8 Å². The van der Waals surface area contributed by atoms with Crippen LogP contribution >= 0.6 is 0 Å². The minimum Gasteiger partial charge on any atom is -0.438 e. The lowest BCUT2D eigenvalue weighted by Gasteiger charge is -2.29. The molecule has 7 aliphatic rings. The molecule has 836 valence electrons. The Balaban J connectivity index is -0.000000106. The molecule has 0 aliphatic heterocycles. The Hall–Kier alpha value is -4.62. The second-order valence-electron chi connectivity index (χ2n) is 36.7. The molecule has 4 unspecified atom stereocenters. The van der Waals surface area contributed by atoms with E-state index in [-0.39, 0.29) is 205 Å². The second-order valence-corrected chi connectivity index (χ2v) is 36.7. The molecule has 4 atom stereocenters. The molecular formula is C107H219F9O21. The lowest BCUT2D eigenvalue weighted by atomic mass is 9.87. The van der Waals surface area contributed by atoms with Gasteiger partial charge in [0.1, 0.15) is 0 Å². The number of halogens is 9. The van der Waals surface area contributed by atoms with Gasteiger partial charge in [-0.3, -0.25) is 33.6 Å². The summed E-state index contributed by atoms with van der Waals surface area (Å²) >= 11 is 0. The molecule has 7 saturated carbocycles. The minimum atomic E-state index is -4.61. The molecule has 7 fully saturated rings. The largest absolute Gasteiger partial charge is 0.438 e. The van der Waals surface area contributed by atoms with Crippen molar-refractivity contribution < 1.29 is 139 Å². The van der Waals surface area contributed by atoms with Gasteiger partial charge in [0.2, 0.25) is 0 Å². The van der Waals surface area contributed by atoms with E-state index in [1.54, 1.807) is 0 Å². The van der Waals surface area contributed by atoms with Crippen LogP contribution in [0.15, 0.2) is 0 Å². The molecule has 7 aliphatic carbocycles. The van der Waals surface area contributed by atoms with E-state index in [4.69, 9.17) is 52.1 Å². The molecule has 0 bridgehead atoms. The van der Waals surface area contributed by atoms with Crippen LogP contribution in [0, 0.1) is 50.2 Å². The highest BCUT2D eigenvalue weighted by Crippen LogP contribution is 2.45. The van der Waals surface area contributed by atoms with Gasteiger partial charge >= 0.3 is 60.3 Å². The summed E-state index contributed by atoms with van der Waals surface area (Å²) in [7, 11) is 0. The maximum absolute atomic E-state index is 12.8. The SMILES string of the molecule is C.C.C.C.C.C.C.C.C.C.C.C.C.C.CCC(C)(C(=O)OCOC1CCCC1)C(F)(F)F.CCC(C)(C(=O)OCOC1CCCCC1)C(F)(F)F.CCC(C)(C(=O)OCOC1CCCCCC1)C(F)(F)F.CCC(C)(C)C(=O)OCOC1CCCCCC1.CCC(C)(C)C(=O)OCOCC1CCCC1.CCC(C)(C)C(=O)OCOCC1CCCCC1.CCC(C)C(=O)OCOC1CCCCCC1. The van der Waals surface area contributed by atoms with Gasteiger partial charge in [-0.15, -0.1) is 0 Å². The molecule has 0 aromatic carbocycles. The van der Waals surface area contributed by atoms with E-state index in [0.717, 1.165) is 182 Å². The molecule has 0 saturated heterocycles. The maximum Gasteiger partial charge on any atom is 0.404 e. The molecule has 0 spiro atoms. The van der Waals surface area contributed by atoms with Crippen LogP contribution in [-0.4, -0.2) is 152 Å². The van der Waals surface area contributed by atoms with Gasteiger partial charge in [0.25, 0.3) is 0 Å². The molecule has 0 radical (unpaired) electrons. The van der Waals surface area contributed by atoms with E-state index in [1.807, 2.05) is 76.2 Å². The number of rotatable bonds is 37. The van der Waals surface area contributed by atoms with E-state index in [2.05, 4.69) is 14.2 Å². The molecule has 0 N–H and O–H groups in total. The van der Waals surface area contributed by atoms with Gasteiger partial charge in [-0.25, -0.2) is 0 Å². The van der Waals surface area contributed by atoms with Crippen LogP contribution in [0.2, 0.25) is 0 Å². The zero-order chi connectivity index (χ0) is 92.8. The van der Waals surface area contributed by atoms with Gasteiger partial charge in [0, 0.05) is 0 Å². The van der Waals surface area contributed by atoms with Crippen LogP contribution in [0.5, 0.6) is 0 Å². The van der Waals surface area contributed by atoms with Crippen LogP contribution < -0.4 is 0 Å². The van der Waals surface area contributed by atoms with Crippen molar-refractivity contribution in [2.24, 2.45) is 50.2 Å². The Morgan fingerprint density at radius 2 is 0.409 bits per heavy atom. The molecule has 7 rings (SSSR count). The summed E-state index contributed by atoms with van der Waals surface area (Å²) in [4.78, 5) is 81.0. The van der Waals surface area contributed by atoms with Gasteiger partial charge < -0.3 is 66.3 Å². The van der Waals surface area contributed by atoms with Crippen molar-refractivity contribution in [1.82, 2.24) is 0 Å². The fourth-order valence-electron chi connectivity index (χ4n) is 13.8. The van der Waals surface area contributed by atoms with Crippen LogP contribution in [0.25, 0.3) is 0 Å². The summed E-state index contributed by atoms with van der Waals surface area (Å²) < 4.78 is 188. The number of esters is 7. The number of carbonyl (C=O) groups is 7. The lowest BCUT2D eigenvalue weighted by molar-refractivity contribution is -0.238. The number of carbonyl (C=O) groups excluding carboxylic acids is 7. The summed E-state index contributed by atoms with van der Waals surface area (Å²) in [5.74, 6) is -3.10. The van der Waals surface area contributed by atoms with Crippen molar-refractivity contribution >= 4 is 41.8 Å². The summed E-state index contributed by atoms with van der Waals surface area (Å²) in [6.07, 6.45) is 30.2. The van der Waals surface area contributed by atoms with Gasteiger partial charge in [0.15, 0.2) is 63.8 Å². The Kier molecular flexibility index (Phi) is 103. The standard InChI is InChI=1S/C14H23F3O3.2C14H26O3.C13H21F3O3.2C13H24O3.C12H19F3O3.14CH4/c1-3-13(2,14(15,16)17)12(18)20-10-19-11-8-6-4-5-7-9-11;1-4-14(2,3)13(15)17-11-16-10-12-8-6-5-7-9-12;1-4-14(2,3)13(15)17-11-16-12-9-7-5-6-8-10-12;1-3-12(2,13(14,15)16)11(17)19-9-18-10-7-5-4-6-8-10;1-4-13(2,3)12(14)16-10-15-9-11-7-5-6-8-11;1-3-11(2)13(14)16-10-15-12-8-6-4-5-7-9-12;1-3-11(2,12(13,14)15)10(16)18-8-17-9-6-4-5-7-9;;;;;;;;;;;;;;/h11H,3-10H2,1-2H3;2*12H,4-11H2,1-3H3;10H,3-9H2,1-2H3;11H,4-10H2,1-3H3;11-12H,3-10H2,1-2H3;9H,3-8H2,1-2H3;14*1H4. The number of hydrogen-bond acceptors (Lipinski definition) is 21. The molecule has 137 heavy (non-hydrogen) atoms. The van der Waals surface area contributed by atoms with E-state index in [1.165, 1.54) is 130 Å². The third-order valence-electron chi connectivity index (χ3n) is 25.9. The Labute approximate surface area is 835 Å². The van der Waals surface area contributed by atoms with Crippen LogP contribution in [0.3, 0.4) is 0 Å². The Morgan fingerprint density at radius 3 is 0.599 bits per heavy atom. The van der Waals surface area contributed by atoms with Crippen molar-refractivity contribution in [3.05, 3.63) is 0 Å². The Bertz CT molecular complexity index is 2820. The van der Waals surface area contributed by atoms with Crippen molar-refractivity contribution in [1.29, 1.82) is 0 Å². The highest BCUT2D eigenvalue weighted by Gasteiger charge is 2.59. The van der Waals surface area contributed by atoms with Crippen LogP contribution in [-0.2, 0) is 99.9 Å². The first-order valence-electron chi connectivity index (χ1n) is 46.5. The van der Waals surface area contributed by atoms with Gasteiger partial charge in [0.05, 0.1) is 65.9 Å². The smallest absolute Gasteiger partial charge is 0.404 e. The zero-order valence-corrected chi connectivity index (χ0v) is 78.4. The fraction of sp³-hybridized carbons (Fsp3) is 0.935. The van der Waals surface area contributed by atoms with E-state index in [0.29, 0.717) is 17.9 Å². The summed E-state index contributed by atoms with van der Waals surface area (Å²) in [6, 6.07) is 0. The van der Waals surface area contributed by atoms with Crippen molar-refractivity contribution in [2.45, 2.75) is 547 Å². The predicted octanol–water partition coefficient (Wildman–Crippen LogP) is 33.9. The van der Waals surface area contributed by atoms with Gasteiger partial charge in [-0.2, -0.15) is 39.5 Å². The first kappa shape index (κ1) is 163. The first-order valence-corrected chi connectivity index (χ1v) is 46.5. The normalized spacial score (nSPS) is 17.7. The maximum atomic E-state index is 12.8. The number of ether oxygens (including phenoxy) is 14. The molecule has 0 amide bonds. The van der Waals surface area contributed by atoms with Crippen LogP contribution in [0.1, 0.15) is 498 Å². The van der Waals surface area contributed by atoms with E-state index in [9.17, 15) is 73.1 Å². The monoisotopic (exact) mass is 2010 g/mol. The van der Waals surface area contributed by atoms with E-state index >= 15 is 0 Å². The average molecular weight is 2010 g/mol. The number of alkyl halides is 9. The van der Waals surface area contributed by atoms with Crippen molar-refractivity contribution in [3.63, 3.8) is 0 Å². The molecule has 0 heterocycles. The highest BCUT2D eigenvalue weighted by atomic mass is 19.4. The Morgan fingerprint density at radius 1 is 0.241 bits per heavy atom. The molecular weight excluding hydrogens is 1790 g/mol. The molecule has 0 aromatic heterocycles. The average Bonchev–Trinajstić information content (AvgIpc) is 1.22. The van der Waals surface area contributed by atoms with Gasteiger partial charge in [-0.05, 0) is 209 Å². The molecule has 0 aromatic rings. The quantitative estimate of drug-likeness (QED) is 0.0140. The zero-order valence-electron chi connectivity index (χ0n) is 78.4. The highest BCUT2D eigenvalue weighted by molar-refractivity contribution is 5.79. The topological polar surface area (TPSA) is 249 Å². The minimum absolute atomic E-state index is 0. The summed E-state index contributed by atoms with van der Waals surface area (Å²) in [6.45, 7) is 28.5. The molecule has 21 nitrogen and oxygen atoms in total. The molecule has 30 heteroatoms. The second kappa shape index (κ2) is 86.8. The van der Waals surface area contributed by atoms with Crippen LogP contribution in [0.4, 0.5) is 39.5 Å². The summed E-state index contributed by atoms with van der Waals surface area (Å²) in [5.41, 5.74) is -8.55. The number of hydrogen-bond donors (Lipinski definition) is 0. The third-order valence-corrected chi connectivity index (χ3v) is 25.9.